The average molecular weight is 339 g/mol. The lowest BCUT2D eigenvalue weighted by Crippen LogP contribution is -2.41. The van der Waals surface area contributed by atoms with E-state index in [1.807, 2.05) is 19.2 Å². The number of nitrogens with zero attached hydrogens (tertiary/aromatic N) is 2. The van der Waals surface area contributed by atoms with Gasteiger partial charge in [0.1, 0.15) is 17.7 Å². The SMILES string of the molecule is Cc1ccc(NCc2ccc(OC3CCN(C(C)C)CC3)cc2)nc1. The Labute approximate surface area is 151 Å². The molecule has 25 heavy (non-hydrogen) atoms. The lowest BCUT2D eigenvalue weighted by atomic mass is 10.1. The van der Waals surface area contributed by atoms with Crippen molar-refractivity contribution in [3.63, 3.8) is 0 Å². The maximum Gasteiger partial charge on any atom is 0.126 e. The van der Waals surface area contributed by atoms with Gasteiger partial charge in [-0.05, 0) is 62.9 Å². The van der Waals surface area contributed by atoms with Crippen molar-refractivity contribution in [2.75, 3.05) is 18.4 Å². The molecule has 3 rings (SSSR count). The van der Waals surface area contributed by atoms with Gasteiger partial charge in [0.25, 0.3) is 0 Å². The van der Waals surface area contributed by atoms with Gasteiger partial charge in [0.05, 0.1) is 0 Å². The van der Waals surface area contributed by atoms with Gasteiger partial charge in [-0.25, -0.2) is 4.98 Å². The second-order valence-corrected chi connectivity index (χ2v) is 7.17. The smallest absolute Gasteiger partial charge is 0.126 e. The van der Waals surface area contributed by atoms with Gasteiger partial charge >= 0.3 is 0 Å². The van der Waals surface area contributed by atoms with E-state index >= 15 is 0 Å². The Kier molecular flexibility index (Phi) is 5.92. The Bertz CT molecular complexity index is 644. The monoisotopic (exact) mass is 339 g/mol. The Hall–Kier alpha value is -2.07. The Morgan fingerprint density at radius 2 is 1.84 bits per heavy atom. The molecule has 4 heteroatoms. The second kappa shape index (κ2) is 8.34. The highest BCUT2D eigenvalue weighted by Gasteiger charge is 2.21. The molecule has 1 N–H and O–H groups in total. The van der Waals surface area contributed by atoms with Crippen molar-refractivity contribution in [3.05, 3.63) is 53.7 Å². The van der Waals surface area contributed by atoms with Crippen LogP contribution in [-0.2, 0) is 6.54 Å². The van der Waals surface area contributed by atoms with Crippen LogP contribution < -0.4 is 10.1 Å². The van der Waals surface area contributed by atoms with Crippen molar-refractivity contribution < 1.29 is 4.74 Å². The van der Waals surface area contributed by atoms with Crippen LogP contribution in [0.25, 0.3) is 0 Å². The van der Waals surface area contributed by atoms with Crippen molar-refractivity contribution in [1.82, 2.24) is 9.88 Å². The van der Waals surface area contributed by atoms with Crippen molar-refractivity contribution in [1.29, 1.82) is 0 Å². The van der Waals surface area contributed by atoms with Crippen LogP contribution in [0.2, 0.25) is 0 Å². The number of hydrogen-bond acceptors (Lipinski definition) is 4. The molecule has 0 radical (unpaired) electrons. The predicted octanol–water partition coefficient (Wildman–Crippen LogP) is 4.25. The molecule has 0 aliphatic carbocycles. The fourth-order valence-corrected chi connectivity index (χ4v) is 3.15. The molecule has 134 valence electrons. The van der Waals surface area contributed by atoms with E-state index in [2.05, 4.69) is 59.4 Å². The first-order valence-electron chi connectivity index (χ1n) is 9.26. The quantitative estimate of drug-likeness (QED) is 0.853. The molecule has 0 unspecified atom stereocenters. The highest BCUT2D eigenvalue weighted by Crippen LogP contribution is 2.21. The fraction of sp³-hybridized carbons (Fsp3) is 0.476. The Morgan fingerprint density at radius 3 is 2.44 bits per heavy atom. The predicted molar refractivity (Wildman–Crippen MR) is 103 cm³/mol. The van der Waals surface area contributed by atoms with Gasteiger partial charge in [-0.2, -0.15) is 0 Å². The molecule has 2 heterocycles. The molecule has 1 aromatic heterocycles. The molecular formula is C21H29N3O. The summed E-state index contributed by atoms with van der Waals surface area (Å²) in [5, 5.41) is 3.35. The number of aromatic nitrogens is 1. The first kappa shape index (κ1) is 17.7. The van der Waals surface area contributed by atoms with Crippen molar-refractivity contribution in [2.45, 2.75) is 52.3 Å². The lowest BCUT2D eigenvalue weighted by molar-refractivity contribution is 0.0843. The van der Waals surface area contributed by atoms with Crippen molar-refractivity contribution in [2.24, 2.45) is 0 Å². The van der Waals surface area contributed by atoms with Crippen molar-refractivity contribution >= 4 is 5.82 Å². The lowest BCUT2D eigenvalue weighted by Gasteiger charge is -2.34. The summed E-state index contributed by atoms with van der Waals surface area (Å²) in [4.78, 5) is 6.89. The van der Waals surface area contributed by atoms with Gasteiger partial charge in [-0.15, -0.1) is 0 Å². The van der Waals surface area contributed by atoms with E-state index < -0.39 is 0 Å². The van der Waals surface area contributed by atoms with E-state index in [0.717, 1.165) is 44.0 Å². The Morgan fingerprint density at radius 1 is 1.12 bits per heavy atom. The number of rotatable bonds is 6. The maximum atomic E-state index is 6.15. The Balaban J connectivity index is 1.46. The molecule has 0 amide bonds. The minimum Gasteiger partial charge on any atom is -0.490 e. The van der Waals surface area contributed by atoms with Crippen LogP contribution in [0.15, 0.2) is 42.6 Å². The molecule has 2 aromatic rings. The summed E-state index contributed by atoms with van der Waals surface area (Å²) in [7, 11) is 0. The minimum atomic E-state index is 0.343. The number of ether oxygens (including phenoxy) is 1. The van der Waals surface area contributed by atoms with Crippen LogP contribution >= 0.6 is 0 Å². The van der Waals surface area contributed by atoms with E-state index in [1.54, 1.807) is 0 Å². The zero-order chi connectivity index (χ0) is 17.6. The van der Waals surface area contributed by atoms with Crippen LogP contribution in [-0.4, -0.2) is 35.1 Å². The number of hydrogen-bond donors (Lipinski definition) is 1. The summed E-state index contributed by atoms with van der Waals surface area (Å²) in [6, 6.07) is 13.1. The van der Waals surface area contributed by atoms with E-state index in [4.69, 9.17) is 4.74 Å². The zero-order valence-corrected chi connectivity index (χ0v) is 15.5. The molecule has 1 aromatic carbocycles. The number of anilines is 1. The van der Waals surface area contributed by atoms with Gasteiger partial charge in [0, 0.05) is 31.9 Å². The van der Waals surface area contributed by atoms with E-state index in [9.17, 15) is 0 Å². The summed E-state index contributed by atoms with van der Waals surface area (Å²) >= 11 is 0. The summed E-state index contributed by atoms with van der Waals surface area (Å²) in [5.74, 6) is 1.88. The van der Waals surface area contributed by atoms with Crippen LogP contribution in [0.5, 0.6) is 5.75 Å². The minimum absolute atomic E-state index is 0.343. The number of benzene rings is 1. The van der Waals surface area contributed by atoms with E-state index in [1.165, 1.54) is 11.1 Å². The summed E-state index contributed by atoms with van der Waals surface area (Å²) in [5.41, 5.74) is 2.40. The molecule has 4 nitrogen and oxygen atoms in total. The number of likely N-dealkylation sites (tertiary alicyclic amines) is 1. The first-order valence-corrected chi connectivity index (χ1v) is 9.26. The average Bonchev–Trinajstić information content (AvgIpc) is 2.63. The van der Waals surface area contributed by atoms with Gasteiger partial charge in [0.15, 0.2) is 0 Å². The topological polar surface area (TPSA) is 37.4 Å². The molecule has 0 atom stereocenters. The standard InChI is InChI=1S/C21H29N3O/c1-16(2)24-12-10-20(11-13-24)25-19-7-5-18(6-8-19)15-23-21-9-4-17(3)14-22-21/h4-9,14,16,20H,10-13,15H2,1-3H3,(H,22,23). The van der Waals surface area contributed by atoms with Crippen LogP contribution in [0.3, 0.4) is 0 Å². The zero-order valence-electron chi connectivity index (χ0n) is 15.5. The summed E-state index contributed by atoms with van der Waals surface area (Å²) in [6.45, 7) is 9.60. The van der Waals surface area contributed by atoms with Gasteiger partial charge in [0.2, 0.25) is 0 Å². The van der Waals surface area contributed by atoms with E-state index in [0.29, 0.717) is 12.1 Å². The summed E-state index contributed by atoms with van der Waals surface area (Å²) in [6.07, 6.45) is 4.45. The molecule has 1 fully saturated rings. The largest absolute Gasteiger partial charge is 0.490 e. The number of nitrogens with one attached hydrogen (secondary N) is 1. The second-order valence-electron chi connectivity index (χ2n) is 7.17. The van der Waals surface area contributed by atoms with Crippen molar-refractivity contribution in [3.8, 4) is 5.75 Å². The molecule has 0 spiro atoms. The van der Waals surface area contributed by atoms with E-state index in [-0.39, 0.29) is 0 Å². The molecule has 1 saturated heterocycles. The molecule has 0 bridgehead atoms. The van der Waals surface area contributed by atoms with Crippen LogP contribution in [0.1, 0.15) is 37.8 Å². The molecule has 1 aliphatic rings. The highest BCUT2D eigenvalue weighted by molar-refractivity contribution is 5.37. The van der Waals surface area contributed by atoms with Gasteiger partial charge in [-0.1, -0.05) is 18.2 Å². The normalized spacial score (nSPS) is 16.2. The van der Waals surface area contributed by atoms with Crippen LogP contribution in [0, 0.1) is 6.92 Å². The highest BCUT2D eigenvalue weighted by atomic mass is 16.5. The van der Waals surface area contributed by atoms with Gasteiger partial charge < -0.3 is 15.0 Å². The summed E-state index contributed by atoms with van der Waals surface area (Å²) < 4.78 is 6.15. The third kappa shape index (κ3) is 5.20. The third-order valence-corrected chi connectivity index (χ3v) is 4.82. The number of aryl methyl sites for hydroxylation is 1. The first-order chi connectivity index (χ1) is 12.1. The molecular weight excluding hydrogens is 310 g/mol. The van der Waals surface area contributed by atoms with Crippen LogP contribution in [0.4, 0.5) is 5.82 Å². The fourth-order valence-electron chi connectivity index (χ4n) is 3.15. The third-order valence-electron chi connectivity index (χ3n) is 4.82. The van der Waals surface area contributed by atoms with Gasteiger partial charge in [-0.3, -0.25) is 0 Å². The number of piperidine rings is 1. The number of pyridine rings is 1. The molecule has 0 saturated carbocycles. The molecule has 1 aliphatic heterocycles. The maximum absolute atomic E-state index is 6.15.